The van der Waals surface area contributed by atoms with Crippen molar-refractivity contribution in [2.24, 2.45) is 0 Å². The molecule has 0 radical (unpaired) electrons. The van der Waals surface area contributed by atoms with Gasteiger partial charge in [-0.15, -0.1) is 0 Å². The molecular weight excluding hydrogens is 365 g/mol. The van der Waals surface area contributed by atoms with Crippen molar-refractivity contribution in [2.75, 3.05) is 13.1 Å². The normalized spacial score (nSPS) is 13.0. The highest BCUT2D eigenvalue weighted by atomic mass is 19.1. The molecule has 0 bridgehead atoms. The molecule has 0 spiro atoms. The predicted octanol–water partition coefficient (Wildman–Crippen LogP) is 3.07. The van der Waals surface area contributed by atoms with Gasteiger partial charge in [-0.3, -0.25) is 19.7 Å². The molecule has 2 aromatic carbocycles. The van der Waals surface area contributed by atoms with E-state index in [0.29, 0.717) is 25.1 Å². The van der Waals surface area contributed by atoms with Gasteiger partial charge in [0.15, 0.2) is 0 Å². The lowest BCUT2D eigenvalue weighted by Gasteiger charge is -2.29. The number of hydrogen-bond donors (Lipinski definition) is 1. The number of nitrogens with zero attached hydrogens (tertiary/aromatic N) is 2. The topological polar surface area (TPSA) is 92.6 Å². The van der Waals surface area contributed by atoms with Gasteiger partial charge in [0.2, 0.25) is 0 Å². The first-order valence-electron chi connectivity index (χ1n) is 9.04. The number of carbonyl (C=O) groups is 2. The van der Waals surface area contributed by atoms with Crippen LogP contribution in [-0.2, 0) is 13.0 Å². The molecule has 0 aromatic heterocycles. The van der Waals surface area contributed by atoms with Crippen LogP contribution in [0.5, 0.6) is 0 Å². The smallest absolute Gasteiger partial charge is 0.282 e. The van der Waals surface area contributed by atoms with E-state index in [9.17, 15) is 24.1 Å². The summed E-state index contributed by atoms with van der Waals surface area (Å²) in [5, 5.41) is 14.0. The first-order chi connectivity index (χ1) is 13.4. The average molecular weight is 385 g/mol. The third-order valence-electron chi connectivity index (χ3n) is 4.69. The monoisotopic (exact) mass is 385 g/mol. The number of fused-ring (bicyclic) bond motifs is 1. The van der Waals surface area contributed by atoms with Gasteiger partial charge in [-0.25, -0.2) is 4.39 Å². The van der Waals surface area contributed by atoms with Gasteiger partial charge in [0.25, 0.3) is 17.5 Å². The zero-order valence-electron chi connectivity index (χ0n) is 15.4. The molecule has 0 saturated heterocycles. The Kier molecular flexibility index (Phi) is 5.67. The van der Waals surface area contributed by atoms with Crippen LogP contribution in [0.4, 0.5) is 10.1 Å². The molecule has 3 rings (SSSR count). The van der Waals surface area contributed by atoms with E-state index >= 15 is 0 Å². The second-order valence-corrected chi connectivity index (χ2v) is 6.63. The first-order valence-corrected chi connectivity index (χ1v) is 9.04. The van der Waals surface area contributed by atoms with E-state index in [0.717, 1.165) is 35.7 Å². The Balaban J connectivity index is 1.81. The van der Waals surface area contributed by atoms with Crippen molar-refractivity contribution in [3.8, 4) is 0 Å². The maximum Gasteiger partial charge on any atom is 0.282 e. The van der Waals surface area contributed by atoms with Crippen molar-refractivity contribution < 1.29 is 18.9 Å². The van der Waals surface area contributed by atoms with Crippen molar-refractivity contribution in [1.82, 2.24) is 10.2 Å². The minimum atomic E-state index is -0.700. The molecule has 0 aliphatic carbocycles. The van der Waals surface area contributed by atoms with E-state index < -0.39 is 22.3 Å². The van der Waals surface area contributed by atoms with Gasteiger partial charge in [0.1, 0.15) is 11.4 Å². The minimum absolute atomic E-state index is 0.140. The highest BCUT2D eigenvalue weighted by Gasteiger charge is 2.28. The largest absolute Gasteiger partial charge is 0.352 e. The lowest BCUT2D eigenvalue weighted by molar-refractivity contribution is -0.385. The van der Waals surface area contributed by atoms with Crippen LogP contribution in [0.1, 0.15) is 45.2 Å². The number of halogens is 1. The van der Waals surface area contributed by atoms with Crippen LogP contribution in [0.25, 0.3) is 0 Å². The minimum Gasteiger partial charge on any atom is -0.352 e. The molecule has 0 atom stereocenters. The summed E-state index contributed by atoms with van der Waals surface area (Å²) in [6, 6.07) is 8.16. The van der Waals surface area contributed by atoms with Crippen LogP contribution >= 0.6 is 0 Å². The Morgan fingerprint density at radius 3 is 2.71 bits per heavy atom. The number of rotatable bonds is 5. The Hall–Kier alpha value is -3.29. The molecule has 1 heterocycles. The van der Waals surface area contributed by atoms with Crippen molar-refractivity contribution in [3.05, 3.63) is 74.6 Å². The second kappa shape index (κ2) is 8.16. The van der Waals surface area contributed by atoms with Gasteiger partial charge in [-0.2, -0.15) is 0 Å². The maximum absolute atomic E-state index is 13.6. The molecule has 1 aliphatic rings. The lowest BCUT2D eigenvalue weighted by atomic mass is 9.96. The van der Waals surface area contributed by atoms with E-state index in [-0.39, 0.29) is 18.0 Å². The summed E-state index contributed by atoms with van der Waals surface area (Å²) in [5.74, 6) is -1.42. The summed E-state index contributed by atoms with van der Waals surface area (Å²) in [6.45, 7) is 3.16. The van der Waals surface area contributed by atoms with Crippen LogP contribution in [0.2, 0.25) is 0 Å². The van der Waals surface area contributed by atoms with E-state index in [1.54, 1.807) is 12.1 Å². The Morgan fingerprint density at radius 1 is 1.21 bits per heavy atom. The van der Waals surface area contributed by atoms with Crippen LogP contribution in [0.15, 0.2) is 36.4 Å². The van der Waals surface area contributed by atoms with Crippen LogP contribution in [-0.4, -0.2) is 34.7 Å². The van der Waals surface area contributed by atoms with Crippen LogP contribution in [0, 0.1) is 15.9 Å². The molecule has 1 N–H and O–H groups in total. The van der Waals surface area contributed by atoms with Gasteiger partial charge < -0.3 is 10.2 Å². The summed E-state index contributed by atoms with van der Waals surface area (Å²) in [4.78, 5) is 36.8. The standard InChI is InChI=1S/C20H20FN3O4/c1-2-8-22-19(25)14-3-4-15-12-23(9-7-13(15)10-14)20(26)17-11-16(21)5-6-18(17)24(27)28/h3-6,10-11H,2,7-9,12H2,1H3,(H,22,25). The van der Waals surface area contributed by atoms with Crippen LogP contribution in [0.3, 0.4) is 0 Å². The van der Waals surface area contributed by atoms with Gasteiger partial charge in [0, 0.05) is 31.3 Å². The summed E-state index contributed by atoms with van der Waals surface area (Å²) in [6.07, 6.45) is 1.36. The molecule has 0 fully saturated rings. The van der Waals surface area contributed by atoms with Crippen molar-refractivity contribution in [2.45, 2.75) is 26.3 Å². The number of nitrogens with one attached hydrogen (secondary N) is 1. The number of hydrogen-bond acceptors (Lipinski definition) is 4. The highest BCUT2D eigenvalue weighted by Crippen LogP contribution is 2.26. The average Bonchev–Trinajstić information content (AvgIpc) is 2.70. The van der Waals surface area contributed by atoms with Crippen molar-refractivity contribution >= 4 is 17.5 Å². The molecule has 2 aromatic rings. The van der Waals surface area contributed by atoms with Crippen molar-refractivity contribution in [3.63, 3.8) is 0 Å². The number of benzene rings is 2. The lowest BCUT2D eigenvalue weighted by Crippen LogP contribution is -2.36. The third-order valence-corrected chi connectivity index (χ3v) is 4.69. The number of carbonyl (C=O) groups excluding carboxylic acids is 2. The molecule has 0 unspecified atom stereocenters. The fourth-order valence-corrected chi connectivity index (χ4v) is 3.22. The molecule has 8 heteroatoms. The Bertz CT molecular complexity index is 945. The molecular formula is C20H20FN3O4. The number of nitro groups is 1. The van der Waals surface area contributed by atoms with Gasteiger partial charge in [-0.05, 0) is 48.2 Å². The van der Waals surface area contributed by atoms with Gasteiger partial charge >= 0.3 is 0 Å². The molecule has 2 amide bonds. The summed E-state index contributed by atoms with van der Waals surface area (Å²) >= 11 is 0. The maximum atomic E-state index is 13.6. The van der Waals surface area contributed by atoms with E-state index in [2.05, 4.69) is 5.32 Å². The van der Waals surface area contributed by atoms with E-state index in [1.165, 1.54) is 4.90 Å². The quantitative estimate of drug-likeness (QED) is 0.632. The van der Waals surface area contributed by atoms with Crippen molar-refractivity contribution in [1.29, 1.82) is 0 Å². The molecule has 0 saturated carbocycles. The Labute approximate surface area is 161 Å². The number of nitro benzene ring substituents is 1. The molecule has 28 heavy (non-hydrogen) atoms. The summed E-state index contributed by atoms with van der Waals surface area (Å²) in [7, 11) is 0. The zero-order valence-corrected chi connectivity index (χ0v) is 15.4. The predicted molar refractivity (Wildman–Crippen MR) is 101 cm³/mol. The fraction of sp³-hybridized carbons (Fsp3) is 0.300. The first kappa shape index (κ1) is 19.5. The molecule has 7 nitrogen and oxygen atoms in total. The SMILES string of the molecule is CCCNC(=O)c1ccc2c(c1)CCN(C(=O)c1cc(F)ccc1[N+](=O)[O-])C2. The summed E-state index contributed by atoms with van der Waals surface area (Å²) < 4.78 is 13.6. The molecule has 146 valence electrons. The van der Waals surface area contributed by atoms with E-state index in [1.807, 2.05) is 13.0 Å². The highest BCUT2D eigenvalue weighted by molar-refractivity contribution is 5.98. The van der Waals surface area contributed by atoms with Gasteiger partial charge in [0.05, 0.1) is 4.92 Å². The second-order valence-electron chi connectivity index (χ2n) is 6.63. The fourth-order valence-electron chi connectivity index (χ4n) is 3.22. The number of amides is 2. The van der Waals surface area contributed by atoms with Crippen LogP contribution < -0.4 is 5.32 Å². The third kappa shape index (κ3) is 4.00. The van der Waals surface area contributed by atoms with Gasteiger partial charge in [-0.1, -0.05) is 13.0 Å². The molecule has 1 aliphatic heterocycles. The zero-order chi connectivity index (χ0) is 20.3. The van der Waals surface area contributed by atoms with E-state index in [4.69, 9.17) is 0 Å². The Morgan fingerprint density at radius 2 is 2.00 bits per heavy atom. The summed E-state index contributed by atoms with van der Waals surface area (Å²) in [5.41, 5.74) is 1.71.